The van der Waals surface area contributed by atoms with Crippen LogP contribution in [0, 0.1) is 0 Å². The number of carbonyl (C=O) groups is 1. The number of carboxylic acids is 1. The van der Waals surface area contributed by atoms with Crippen molar-refractivity contribution in [3.05, 3.63) is 5.82 Å². The molecule has 98 valence electrons. The van der Waals surface area contributed by atoms with Crippen LogP contribution >= 0.6 is 0 Å². The molecule has 1 saturated heterocycles. The molecule has 0 bridgehead atoms. The Bertz CT molecular complexity index is 469. The van der Waals surface area contributed by atoms with Crippen LogP contribution in [0.2, 0.25) is 0 Å². The minimum atomic E-state index is -0.929. The van der Waals surface area contributed by atoms with Gasteiger partial charge in [-0.25, -0.2) is 9.48 Å². The number of tetrazole rings is 1. The summed E-state index contributed by atoms with van der Waals surface area (Å²) in [6, 6.07) is 0. The molecule has 0 aromatic carbocycles. The summed E-state index contributed by atoms with van der Waals surface area (Å²) >= 11 is 0. The van der Waals surface area contributed by atoms with E-state index in [0.29, 0.717) is 25.3 Å². The van der Waals surface area contributed by atoms with Gasteiger partial charge in [0.25, 0.3) is 0 Å². The second-order valence-electron chi connectivity index (χ2n) is 5.11. The van der Waals surface area contributed by atoms with Gasteiger partial charge in [0.05, 0.1) is 6.10 Å². The average Bonchev–Trinajstić information content (AvgIpc) is 2.84. The minimum absolute atomic E-state index is 0.0423. The van der Waals surface area contributed by atoms with Crippen molar-refractivity contribution < 1.29 is 14.6 Å². The molecule has 2 unspecified atom stereocenters. The minimum Gasteiger partial charge on any atom is -0.479 e. The molecular formula is C11H16N4O3. The van der Waals surface area contributed by atoms with Gasteiger partial charge in [-0.1, -0.05) is 0 Å². The summed E-state index contributed by atoms with van der Waals surface area (Å²) in [4.78, 5) is 11.5. The lowest BCUT2D eigenvalue weighted by molar-refractivity contribution is -0.153. The summed E-state index contributed by atoms with van der Waals surface area (Å²) in [5.74, 6) is -0.0900. The molecule has 2 aliphatic rings. The molecule has 2 fully saturated rings. The third-order valence-electron chi connectivity index (χ3n) is 4.19. The van der Waals surface area contributed by atoms with Gasteiger partial charge in [0.2, 0.25) is 0 Å². The molecule has 2 atom stereocenters. The summed E-state index contributed by atoms with van der Waals surface area (Å²) in [6.45, 7) is 2.66. The van der Waals surface area contributed by atoms with Crippen molar-refractivity contribution in [3.63, 3.8) is 0 Å². The molecule has 1 aliphatic carbocycles. The van der Waals surface area contributed by atoms with Crippen LogP contribution < -0.4 is 0 Å². The molecule has 0 radical (unpaired) electrons. The van der Waals surface area contributed by atoms with Crippen LogP contribution in [0.3, 0.4) is 0 Å². The fraction of sp³-hybridized carbons (Fsp3) is 0.818. The summed E-state index contributed by atoms with van der Waals surface area (Å²) in [5.41, 5.74) is -0.929. The van der Waals surface area contributed by atoms with E-state index in [9.17, 15) is 9.90 Å². The van der Waals surface area contributed by atoms with E-state index in [1.54, 1.807) is 0 Å². The van der Waals surface area contributed by atoms with E-state index < -0.39 is 11.5 Å². The highest BCUT2D eigenvalue weighted by atomic mass is 16.5. The SMILES string of the molecule is CC1OCCC1c1nnnn1C1(C(=O)O)CCC1. The van der Waals surface area contributed by atoms with Gasteiger partial charge in [0.1, 0.15) is 0 Å². The molecule has 7 heteroatoms. The van der Waals surface area contributed by atoms with Gasteiger partial charge in [-0.15, -0.1) is 5.10 Å². The first kappa shape index (κ1) is 11.6. The number of aliphatic carboxylic acids is 1. The molecule has 2 heterocycles. The third-order valence-corrected chi connectivity index (χ3v) is 4.19. The molecule has 0 amide bonds. The van der Waals surface area contributed by atoms with E-state index in [0.717, 1.165) is 12.8 Å². The normalized spacial score (nSPS) is 30.1. The Hall–Kier alpha value is -1.50. The average molecular weight is 252 g/mol. The van der Waals surface area contributed by atoms with Crippen molar-refractivity contribution in [3.8, 4) is 0 Å². The second-order valence-corrected chi connectivity index (χ2v) is 5.11. The van der Waals surface area contributed by atoms with E-state index in [1.807, 2.05) is 6.92 Å². The van der Waals surface area contributed by atoms with Crippen molar-refractivity contribution in [1.82, 2.24) is 20.2 Å². The van der Waals surface area contributed by atoms with E-state index >= 15 is 0 Å². The molecule has 7 nitrogen and oxygen atoms in total. The molecule has 1 saturated carbocycles. The monoisotopic (exact) mass is 252 g/mol. The zero-order valence-electron chi connectivity index (χ0n) is 10.2. The van der Waals surface area contributed by atoms with Gasteiger partial charge in [-0.05, 0) is 43.0 Å². The Balaban J connectivity index is 1.98. The predicted octanol–water partition coefficient (Wildman–Crippen LogP) is 0.529. The maximum absolute atomic E-state index is 11.5. The van der Waals surface area contributed by atoms with Gasteiger partial charge in [0, 0.05) is 12.5 Å². The standard InChI is InChI=1S/C11H16N4O3/c1-7-8(3-6-18-7)9-12-13-14-15(9)11(10(16)17)4-2-5-11/h7-8H,2-6H2,1H3,(H,16,17). The van der Waals surface area contributed by atoms with E-state index in [2.05, 4.69) is 15.5 Å². The Morgan fingerprint density at radius 2 is 2.33 bits per heavy atom. The quantitative estimate of drug-likeness (QED) is 0.843. The van der Waals surface area contributed by atoms with Crippen LogP contribution in [0.15, 0.2) is 0 Å². The van der Waals surface area contributed by atoms with Gasteiger partial charge in [-0.2, -0.15) is 0 Å². The number of hydrogen-bond donors (Lipinski definition) is 1. The van der Waals surface area contributed by atoms with Crippen LogP contribution in [-0.4, -0.2) is 44.0 Å². The lowest BCUT2D eigenvalue weighted by Crippen LogP contribution is -2.49. The molecule has 0 spiro atoms. The topological polar surface area (TPSA) is 90.1 Å². The van der Waals surface area contributed by atoms with Crippen LogP contribution in [-0.2, 0) is 15.1 Å². The van der Waals surface area contributed by atoms with Crippen molar-refractivity contribution in [2.24, 2.45) is 0 Å². The number of rotatable bonds is 3. The number of aromatic nitrogens is 4. The number of ether oxygens (including phenoxy) is 1. The Labute approximate surface area is 104 Å². The highest BCUT2D eigenvalue weighted by Crippen LogP contribution is 2.41. The smallest absolute Gasteiger partial charge is 0.331 e. The predicted molar refractivity (Wildman–Crippen MR) is 60.0 cm³/mol. The Morgan fingerprint density at radius 3 is 2.83 bits per heavy atom. The van der Waals surface area contributed by atoms with E-state index in [-0.39, 0.29) is 12.0 Å². The molecular weight excluding hydrogens is 236 g/mol. The molecule has 1 N–H and O–H groups in total. The summed E-state index contributed by atoms with van der Waals surface area (Å²) < 4.78 is 7.04. The highest BCUT2D eigenvalue weighted by Gasteiger charge is 2.50. The largest absolute Gasteiger partial charge is 0.479 e. The first-order valence-electron chi connectivity index (χ1n) is 6.29. The van der Waals surface area contributed by atoms with Gasteiger partial charge in [-0.3, -0.25) is 0 Å². The van der Waals surface area contributed by atoms with Crippen molar-refractivity contribution in [2.75, 3.05) is 6.61 Å². The number of hydrogen-bond acceptors (Lipinski definition) is 5. The lowest BCUT2D eigenvalue weighted by Gasteiger charge is -2.38. The highest BCUT2D eigenvalue weighted by molar-refractivity contribution is 5.77. The molecule has 1 aromatic rings. The number of carboxylic acid groups (broad SMARTS) is 1. The Kier molecular flexibility index (Phi) is 2.58. The van der Waals surface area contributed by atoms with Crippen molar-refractivity contribution in [2.45, 2.75) is 50.2 Å². The maximum Gasteiger partial charge on any atom is 0.331 e. The molecule has 18 heavy (non-hydrogen) atoms. The molecule has 1 aromatic heterocycles. The third kappa shape index (κ3) is 1.46. The van der Waals surface area contributed by atoms with Crippen LogP contribution in [0.25, 0.3) is 0 Å². The fourth-order valence-corrected chi connectivity index (χ4v) is 2.83. The summed E-state index contributed by atoms with van der Waals surface area (Å²) in [6.07, 6.45) is 2.99. The lowest BCUT2D eigenvalue weighted by atomic mass is 9.76. The fourth-order valence-electron chi connectivity index (χ4n) is 2.83. The number of nitrogens with zero attached hydrogens (tertiary/aromatic N) is 4. The molecule has 1 aliphatic heterocycles. The van der Waals surface area contributed by atoms with E-state index in [4.69, 9.17) is 4.74 Å². The van der Waals surface area contributed by atoms with Crippen LogP contribution in [0.5, 0.6) is 0 Å². The van der Waals surface area contributed by atoms with E-state index in [1.165, 1.54) is 4.68 Å². The zero-order chi connectivity index (χ0) is 12.8. The van der Waals surface area contributed by atoms with Crippen LogP contribution in [0.1, 0.15) is 44.3 Å². The van der Waals surface area contributed by atoms with Crippen molar-refractivity contribution in [1.29, 1.82) is 0 Å². The first-order valence-corrected chi connectivity index (χ1v) is 6.29. The zero-order valence-corrected chi connectivity index (χ0v) is 10.2. The molecule has 3 rings (SSSR count). The van der Waals surface area contributed by atoms with Crippen molar-refractivity contribution >= 4 is 5.97 Å². The Morgan fingerprint density at radius 1 is 1.56 bits per heavy atom. The van der Waals surface area contributed by atoms with Gasteiger partial charge in [0.15, 0.2) is 11.4 Å². The van der Waals surface area contributed by atoms with Crippen LogP contribution in [0.4, 0.5) is 0 Å². The summed E-state index contributed by atoms with van der Waals surface area (Å²) in [7, 11) is 0. The van der Waals surface area contributed by atoms with Gasteiger partial charge >= 0.3 is 5.97 Å². The second kappa shape index (κ2) is 4.01. The van der Waals surface area contributed by atoms with Gasteiger partial charge < -0.3 is 9.84 Å². The first-order chi connectivity index (χ1) is 8.65. The maximum atomic E-state index is 11.5. The summed E-state index contributed by atoms with van der Waals surface area (Å²) in [5, 5.41) is 21.1.